The van der Waals surface area contributed by atoms with Gasteiger partial charge in [-0.25, -0.2) is 4.79 Å². The highest BCUT2D eigenvalue weighted by Crippen LogP contribution is 2.09. The van der Waals surface area contributed by atoms with Crippen molar-refractivity contribution in [3.05, 3.63) is 11.6 Å². The van der Waals surface area contributed by atoms with Crippen LogP contribution in [0.5, 0.6) is 0 Å². The number of rotatable bonds is 5. The highest BCUT2D eigenvalue weighted by molar-refractivity contribution is 5.87. The average molecular weight is 240 g/mol. The van der Waals surface area contributed by atoms with Gasteiger partial charge >= 0.3 is 5.97 Å². The maximum Gasteiger partial charge on any atom is 0.332 e. The van der Waals surface area contributed by atoms with E-state index in [9.17, 15) is 9.59 Å². The number of nitrogens with zero attached hydrogens (tertiary/aromatic N) is 2. The minimum Gasteiger partial charge on any atom is -0.478 e. The molecular formula is C12H20N2O3. The second-order valence-corrected chi connectivity index (χ2v) is 4.10. The molecule has 0 aromatic rings. The number of hydrogen-bond acceptors (Lipinski definition) is 3. The Bertz CT molecular complexity index is 322. The summed E-state index contributed by atoms with van der Waals surface area (Å²) in [5.74, 6) is -0.813. The van der Waals surface area contributed by atoms with E-state index in [0.717, 1.165) is 6.54 Å². The van der Waals surface area contributed by atoms with Crippen LogP contribution in [0.15, 0.2) is 11.6 Å². The van der Waals surface area contributed by atoms with Crippen LogP contribution in [0, 0.1) is 0 Å². The second kappa shape index (κ2) is 6.39. The van der Waals surface area contributed by atoms with Gasteiger partial charge in [0.05, 0.1) is 6.54 Å². The first-order valence-corrected chi connectivity index (χ1v) is 6.00. The molecule has 5 nitrogen and oxygen atoms in total. The molecule has 0 unspecified atom stereocenters. The third-order valence-electron chi connectivity index (χ3n) is 2.98. The first-order valence-electron chi connectivity index (χ1n) is 6.00. The van der Waals surface area contributed by atoms with Gasteiger partial charge in [-0.05, 0) is 20.3 Å². The molecule has 1 amide bonds. The van der Waals surface area contributed by atoms with Crippen molar-refractivity contribution in [2.24, 2.45) is 0 Å². The molecule has 1 N–H and O–H groups in total. The number of likely N-dealkylation sites (N-methyl/N-ethyl adjacent to an activating group) is 1. The van der Waals surface area contributed by atoms with Crippen molar-refractivity contribution < 1.29 is 14.7 Å². The Hall–Kier alpha value is -1.36. The molecule has 1 aliphatic rings. The van der Waals surface area contributed by atoms with Gasteiger partial charge in [-0.1, -0.05) is 6.08 Å². The Morgan fingerprint density at radius 3 is 2.59 bits per heavy atom. The third kappa shape index (κ3) is 3.85. The van der Waals surface area contributed by atoms with E-state index in [1.165, 1.54) is 0 Å². The molecule has 17 heavy (non-hydrogen) atoms. The molecule has 96 valence electrons. The second-order valence-electron chi connectivity index (χ2n) is 4.10. The minimum atomic E-state index is -0.884. The van der Waals surface area contributed by atoms with Gasteiger partial charge in [0.1, 0.15) is 0 Å². The summed E-state index contributed by atoms with van der Waals surface area (Å²) >= 11 is 0. The zero-order valence-corrected chi connectivity index (χ0v) is 10.5. The number of carbonyl (C=O) groups excluding carboxylic acids is 1. The molecule has 1 rings (SSSR count). The summed E-state index contributed by atoms with van der Waals surface area (Å²) in [6.07, 6.45) is 2.44. The van der Waals surface area contributed by atoms with Gasteiger partial charge in [-0.15, -0.1) is 0 Å². The Labute approximate surface area is 102 Å². The molecule has 0 fully saturated rings. The van der Waals surface area contributed by atoms with Gasteiger partial charge in [0, 0.05) is 31.8 Å². The average Bonchev–Trinajstić information content (AvgIpc) is 2.30. The molecule has 0 radical (unpaired) electrons. The standard InChI is InChI=1S/C12H20N2O3/c1-3-14(4-2)11(15)9-13-7-5-6-10(8-13)12(16)17/h6H,3-5,7-9H2,1-2H3,(H,16,17). The van der Waals surface area contributed by atoms with Gasteiger partial charge in [0.25, 0.3) is 0 Å². The predicted octanol–water partition coefficient (Wildman–Crippen LogP) is 0.571. The van der Waals surface area contributed by atoms with E-state index in [1.807, 2.05) is 18.7 Å². The Balaban J connectivity index is 2.51. The summed E-state index contributed by atoms with van der Waals surface area (Å²) in [6.45, 7) is 6.72. The summed E-state index contributed by atoms with van der Waals surface area (Å²) in [5.41, 5.74) is 0.392. The van der Waals surface area contributed by atoms with Crippen LogP contribution >= 0.6 is 0 Å². The van der Waals surface area contributed by atoms with Crippen LogP contribution in [0.25, 0.3) is 0 Å². The summed E-state index contributed by atoms with van der Waals surface area (Å²) in [6, 6.07) is 0. The van der Waals surface area contributed by atoms with E-state index in [4.69, 9.17) is 5.11 Å². The van der Waals surface area contributed by atoms with E-state index in [0.29, 0.717) is 38.2 Å². The molecule has 1 heterocycles. The van der Waals surface area contributed by atoms with Crippen LogP contribution in [-0.2, 0) is 9.59 Å². The summed E-state index contributed by atoms with van der Waals surface area (Å²) in [4.78, 5) is 26.4. The Morgan fingerprint density at radius 1 is 1.41 bits per heavy atom. The summed E-state index contributed by atoms with van der Waals surface area (Å²) in [5, 5.41) is 8.90. The first-order chi connectivity index (χ1) is 8.08. The molecule has 0 atom stereocenters. The monoisotopic (exact) mass is 240 g/mol. The number of carboxylic acid groups (broad SMARTS) is 1. The quantitative estimate of drug-likeness (QED) is 0.763. The van der Waals surface area contributed by atoms with E-state index in [2.05, 4.69) is 0 Å². The predicted molar refractivity (Wildman–Crippen MR) is 64.7 cm³/mol. The normalized spacial score (nSPS) is 16.5. The Morgan fingerprint density at radius 2 is 2.06 bits per heavy atom. The van der Waals surface area contributed by atoms with Crippen molar-refractivity contribution in [3.8, 4) is 0 Å². The number of amides is 1. The van der Waals surface area contributed by atoms with Crippen molar-refractivity contribution in [2.75, 3.05) is 32.7 Å². The van der Waals surface area contributed by atoms with Gasteiger partial charge in [0.2, 0.25) is 5.91 Å². The molecule has 0 saturated heterocycles. The first kappa shape index (κ1) is 13.7. The number of aliphatic carboxylic acids is 1. The molecule has 1 aliphatic heterocycles. The lowest BCUT2D eigenvalue weighted by molar-refractivity contribution is -0.135. The summed E-state index contributed by atoms with van der Waals surface area (Å²) in [7, 11) is 0. The maximum atomic E-state index is 11.9. The van der Waals surface area contributed by atoms with E-state index < -0.39 is 5.97 Å². The van der Waals surface area contributed by atoms with Crippen LogP contribution in [0.4, 0.5) is 0 Å². The van der Waals surface area contributed by atoms with Crippen molar-refractivity contribution >= 4 is 11.9 Å². The zero-order valence-electron chi connectivity index (χ0n) is 10.5. The molecule has 0 bridgehead atoms. The van der Waals surface area contributed by atoms with Crippen LogP contribution < -0.4 is 0 Å². The number of carboxylic acids is 1. The van der Waals surface area contributed by atoms with Crippen LogP contribution in [0.1, 0.15) is 20.3 Å². The number of hydrogen-bond donors (Lipinski definition) is 1. The Kier molecular flexibility index (Phi) is 5.15. The van der Waals surface area contributed by atoms with Crippen LogP contribution in [0.2, 0.25) is 0 Å². The SMILES string of the molecule is CCN(CC)C(=O)CN1CCC=C(C(=O)O)C1. The largest absolute Gasteiger partial charge is 0.478 e. The molecular weight excluding hydrogens is 220 g/mol. The fourth-order valence-corrected chi connectivity index (χ4v) is 1.96. The van der Waals surface area contributed by atoms with Crippen molar-refractivity contribution in [1.29, 1.82) is 0 Å². The van der Waals surface area contributed by atoms with Crippen LogP contribution in [-0.4, -0.2) is 59.5 Å². The molecule has 0 aromatic heterocycles. The molecule has 5 heteroatoms. The van der Waals surface area contributed by atoms with Gasteiger partial charge in [-0.3, -0.25) is 9.69 Å². The fourth-order valence-electron chi connectivity index (χ4n) is 1.96. The van der Waals surface area contributed by atoms with Gasteiger partial charge < -0.3 is 10.0 Å². The molecule has 0 aliphatic carbocycles. The zero-order chi connectivity index (χ0) is 12.8. The highest BCUT2D eigenvalue weighted by atomic mass is 16.4. The minimum absolute atomic E-state index is 0.0710. The topological polar surface area (TPSA) is 60.9 Å². The third-order valence-corrected chi connectivity index (χ3v) is 2.98. The molecule has 0 saturated carbocycles. The number of carbonyl (C=O) groups is 2. The van der Waals surface area contributed by atoms with Crippen LogP contribution in [0.3, 0.4) is 0 Å². The molecule has 0 spiro atoms. The van der Waals surface area contributed by atoms with Gasteiger partial charge in [0.15, 0.2) is 0 Å². The maximum absolute atomic E-state index is 11.9. The van der Waals surface area contributed by atoms with E-state index in [1.54, 1.807) is 11.0 Å². The van der Waals surface area contributed by atoms with E-state index >= 15 is 0 Å². The van der Waals surface area contributed by atoms with E-state index in [-0.39, 0.29) is 5.91 Å². The highest BCUT2D eigenvalue weighted by Gasteiger charge is 2.20. The lowest BCUT2D eigenvalue weighted by Crippen LogP contribution is -2.42. The van der Waals surface area contributed by atoms with Crippen molar-refractivity contribution in [1.82, 2.24) is 9.80 Å². The van der Waals surface area contributed by atoms with Gasteiger partial charge in [-0.2, -0.15) is 0 Å². The summed E-state index contributed by atoms with van der Waals surface area (Å²) < 4.78 is 0. The smallest absolute Gasteiger partial charge is 0.332 e. The lowest BCUT2D eigenvalue weighted by Gasteiger charge is -2.28. The van der Waals surface area contributed by atoms with Crippen molar-refractivity contribution in [3.63, 3.8) is 0 Å². The lowest BCUT2D eigenvalue weighted by atomic mass is 10.1. The fraction of sp³-hybridized carbons (Fsp3) is 0.667. The molecule has 0 aromatic carbocycles. The van der Waals surface area contributed by atoms with Crippen molar-refractivity contribution in [2.45, 2.75) is 20.3 Å².